The molecule has 1 saturated heterocycles. The van der Waals surface area contributed by atoms with Gasteiger partial charge >= 0.3 is 12.3 Å². The molecule has 7 atom stereocenters. The normalized spacial score (nSPS) is 28.6. The summed E-state index contributed by atoms with van der Waals surface area (Å²) in [7, 11) is -2.62. The quantitative estimate of drug-likeness (QED) is 0.255. The minimum Gasteiger partial charge on any atom is -0.494 e. The third kappa shape index (κ3) is 9.08. The Labute approximate surface area is 346 Å². The molecule has 2 saturated carbocycles. The van der Waals surface area contributed by atoms with Gasteiger partial charge in [0.1, 0.15) is 29.5 Å². The highest BCUT2D eigenvalue weighted by Crippen LogP contribution is 2.48. The SMILES string of the molecule is CC[C@@H]1C[C@H](C)CCC=C[C@@H]2C[C@@]2(C(=O)NS(=O)(=O)C2(C)CC2)NC(=O)[C@@H]2C[C@@H](Oc3ncc(OC)c4ccc(Cl)cc34)CN2C(=O)[C@H]1NC(=O)OC(C)(C)C(F)(F)F. The fourth-order valence-corrected chi connectivity index (χ4v) is 9.32. The van der Waals surface area contributed by atoms with E-state index in [9.17, 15) is 40.8 Å². The largest absolute Gasteiger partial charge is 0.494 e. The van der Waals surface area contributed by atoms with Crippen molar-refractivity contribution in [2.75, 3.05) is 13.7 Å². The van der Waals surface area contributed by atoms with Crippen LogP contribution in [0.2, 0.25) is 5.02 Å². The fourth-order valence-electron chi connectivity index (χ4n) is 7.84. The van der Waals surface area contributed by atoms with Crippen LogP contribution < -0.4 is 24.8 Å². The Balaban J connectivity index is 1.38. The van der Waals surface area contributed by atoms with E-state index in [-0.39, 0.29) is 31.2 Å². The van der Waals surface area contributed by atoms with Crippen LogP contribution in [0.25, 0.3) is 10.8 Å². The van der Waals surface area contributed by atoms with Crippen LogP contribution >= 0.6 is 11.6 Å². The van der Waals surface area contributed by atoms with Gasteiger partial charge in [-0.3, -0.25) is 19.1 Å². The van der Waals surface area contributed by atoms with Gasteiger partial charge in [0.05, 0.1) is 24.6 Å². The number of hydrogen-bond acceptors (Lipinski definition) is 10. The van der Waals surface area contributed by atoms with E-state index in [2.05, 4.69) is 20.3 Å². The highest BCUT2D eigenvalue weighted by Gasteiger charge is 2.63. The lowest BCUT2D eigenvalue weighted by Crippen LogP contribution is -2.60. The van der Waals surface area contributed by atoms with Crippen molar-refractivity contribution in [1.82, 2.24) is 25.2 Å². The monoisotopic (exact) mass is 869 g/mol. The first-order chi connectivity index (χ1) is 27.5. The Kier molecular flexibility index (Phi) is 12.2. The number of alkyl carbamates (subject to hydrolysis) is 1. The van der Waals surface area contributed by atoms with Crippen molar-refractivity contribution in [2.45, 2.75) is 126 Å². The lowest BCUT2D eigenvalue weighted by molar-refractivity contribution is -0.244. The predicted molar refractivity (Wildman–Crippen MR) is 211 cm³/mol. The van der Waals surface area contributed by atoms with E-state index in [1.807, 2.05) is 13.0 Å². The Morgan fingerprint density at radius 1 is 1.14 bits per heavy atom. The topological polar surface area (TPSA) is 182 Å². The third-order valence-corrected chi connectivity index (χ3v) is 14.6. The first kappa shape index (κ1) is 44.2. The summed E-state index contributed by atoms with van der Waals surface area (Å²) >= 11 is 6.34. The molecule has 1 aromatic heterocycles. The molecule has 0 radical (unpaired) electrons. The van der Waals surface area contributed by atoms with Gasteiger partial charge in [-0.25, -0.2) is 18.2 Å². The average molecular weight is 870 g/mol. The summed E-state index contributed by atoms with van der Waals surface area (Å²) in [6.07, 6.45) is 0.321. The van der Waals surface area contributed by atoms with Crippen molar-refractivity contribution < 1.29 is 55.0 Å². The van der Waals surface area contributed by atoms with Gasteiger partial charge in [0.25, 0.3) is 5.91 Å². The number of halogens is 4. The van der Waals surface area contributed by atoms with E-state index in [1.54, 1.807) is 31.2 Å². The summed E-state index contributed by atoms with van der Waals surface area (Å²) in [6, 6.07) is 2.21. The molecule has 1 aromatic carbocycles. The molecule has 3 N–H and O–H groups in total. The van der Waals surface area contributed by atoms with Crippen LogP contribution in [0.3, 0.4) is 0 Å². The van der Waals surface area contributed by atoms with Gasteiger partial charge in [-0.2, -0.15) is 13.2 Å². The Bertz CT molecular complexity index is 2130. The number of sulfonamides is 1. The molecule has 2 aliphatic heterocycles. The highest BCUT2D eigenvalue weighted by molar-refractivity contribution is 7.91. The zero-order valence-corrected chi connectivity index (χ0v) is 35.4. The number of methoxy groups -OCH3 is 1. The zero-order valence-electron chi connectivity index (χ0n) is 33.8. The summed E-state index contributed by atoms with van der Waals surface area (Å²) in [5.41, 5.74) is -4.56. The standard InChI is InChI=1S/C40H51ClF3N5O9S/c1-7-23-16-22(2)10-8-9-11-24-19-39(24,35(52)48-59(54,55)38(5)14-15-38)47-32(50)29-18-26(57-33-28-17-25(41)12-13-27(28)30(56-6)20-45-33)21-49(29)34(51)31(23)46-36(53)58-37(3,4)40(42,43)44/h9,11-13,17,20,22-24,26,29,31H,7-8,10,14-16,18-19,21H2,1-6H3,(H,46,53)(H,47,50)(H,48,52)/t22-,23-,24-,26-,29+,31+,39-/m1/s1. The number of benzene rings is 1. The first-order valence-electron chi connectivity index (χ1n) is 19.8. The molecule has 4 aliphatic rings. The number of alkyl halides is 3. The second-order valence-corrected chi connectivity index (χ2v) is 19.6. The number of allylic oxidation sites excluding steroid dienone is 1. The van der Waals surface area contributed by atoms with E-state index in [1.165, 1.54) is 25.1 Å². The van der Waals surface area contributed by atoms with E-state index in [0.717, 1.165) is 0 Å². The molecule has 14 nitrogen and oxygen atoms in total. The maximum absolute atomic E-state index is 14.9. The minimum atomic E-state index is -4.92. The van der Waals surface area contributed by atoms with Crippen LogP contribution in [0.4, 0.5) is 18.0 Å². The number of amides is 4. The summed E-state index contributed by atoms with van der Waals surface area (Å²) in [5.74, 6) is -3.15. The van der Waals surface area contributed by atoms with E-state index in [0.29, 0.717) is 73.9 Å². The molecular weight excluding hydrogens is 819 g/mol. The smallest absolute Gasteiger partial charge is 0.427 e. The van der Waals surface area contributed by atoms with Gasteiger partial charge < -0.3 is 29.7 Å². The van der Waals surface area contributed by atoms with Gasteiger partial charge in [0, 0.05) is 28.1 Å². The van der Waals surface area contributed by atoms with Crippen molar-refractivity contribution in [1.29, 1.82) is 0 Å². The number of carbonyl (C=O) groups excluding carboxylic acids is 4. The van der Waals surface area contributed by atoms with Gasteiger partial charge in [-0.15, -0.1) is 0 Å². The number of carbonyl (C=O) groups is 4. The van der Waals surface area contributed by atoms with Crippen LogP contribution in [0, 0.1) is 17.8 Å². The van der Waals surface area contributed by atoms with Crippen LogP contribution in [0.5, 0.6) is 11.6 Å². The van der Waals surface area contributed by atoms with Crippen molar-refractivity contribution >= 4 is 56.2 Å². The number of pyridine rings is 1. The van der Waals surface area contributed by atoms with E-state index in [4.69, 9.17) is 25.8 Å². The number of nitrogens with zero attached hydrogens (tertiary/aromatic N) is 2. The van der Waals surface area contributed by atoms with Gasteiger partial charge in [-0.05, 0) is 89.3 Å². The highest BCUT2D eigenvalue weighted by atomic mass is 35.5. The lowest BCUT2D eigenvalue weighted by Gasteiger charge is -2.35. The Morgan fingerprint density at radius 2 is 1.85 bits per heavy atom. The molecule has 2 aromatic rings. The van der Waals surface area contributed by atoms with Crippen molar-refractivity contribution in [2.24, 2.45) is 17.8 Å². The molecule has 0 bridgehead atoms. The van der Waals surface area contributed by atoms with Crippen molar-refractivity contribution in [3.63, 3.8) is 0 Å². The number of ether oxygens (including phenoxy) is 3. The summed E-state index contributed by atoms with van der Waals surface area (Å²) in [6.45, 7) is 6.42. The Hall–Kier alpha value is -4.32. The molecule has 324 valence electrons. The predicted octanol–water partition coefficient (Wildman–Crippen LogP) is 5.96. The first-order valence-corrected chi connectivity index (χ1v) is 21.6. The van der Waals surface area contributed by atoms with E-state index >= 15 is 0 Å². The van der Waals surface area contributed by atoms with Crippen LogP contribution in [0.15, 0.2) is 36.5 Å². The van der Waals surface area contributed by atoms with Crippen LogP contribution in [-0.2, 0) is 29.1 Å². The summed E-state index contributed by atoms with van der Waals surface area (Å²) < 4.78 is 85.6. The number of rotatable bonds is 9. The zero-order chi connectivity index (χ0) is 43.3. The Morgan fingerprint density at radius 3 is 2.49 bits per heavy atom. The maximum Gasteiger partial charge on any atom is 0.427 e. The molecule has 0 spiro atoms. The van der Waals surface area contributed by atoms with Crippen LogP contribution in [-0.4, -0.2) is 96.0 Å². The molecule has 2 aliphatic carbocycles. The third-order valence-electron chi connectivity index (χ3n) is 12.2. The molecule has 3 fully saturated rings. The van der Waals surface area contributed by atoms with Gasteiger partial charge in [0.15, 0.2) is 0 Å². The number of aromatic nitrogens is 1. The van der Waals surface area contributed by atoms with Crippen LogP contribution in [0.1, 0.15) is 86.0 Å². The molecule has 19 heteroatoms. The molecule has 59 heavy (non-hydrogen) atoms. The number of hydrogen-bond donors (Lipinski definition) is 3. The molecule has 6 rings (SSSR count). The average Bonchev–Trinajstić information content (AvgIpc) is 4.03. The molecule has 4 amide bonds. The molecule has 3 heterocycles. The molecular formula is C40H51ClF3N5O9S. The summed E-state index contributed by atoms with van der Waals surface area (Å²) in [5, 5.41) is 6.68. The van der Waals surface area contributed by atoms with Gasteiger partial charge in [0.2, 0.25) is 33.3 Å². The van der Waals surface area contributed by atoms with Crippen molar-refractivity contribution in [3.8, 4) is 11.6 Å². The second-order valence-electron chi connectivity index (χ2n) is 17.0. The summed E-state index contributed by atoms with van der Waals surface area (Å²) in [4.78, 5) is 62.3. The van der Waals surface area contributed by atoms with Gasteiger partial charge in [-0.1, -0.05) is 44.0 Å². The number of fused-ring (bicyclic) bond motifs is 3. The maximum atomic E-state index is 14.9. The van der Waals surface area contributed by atoms with Crippen molar-refractivity contribution in [3.05, 3.63) is 41.6 Å². The molecule has 0 unspecified atom stereocenters. The minimum absolute atomic E-state index is 0.0439. The lowest BCUT2D eigenvalue weighted by atomic mass is 9.85. The second kappa shape index (κ2) is 16.3. The van der Waals surface area contributed by atoms with E-state index < -0.39 is 85.9 Å². The fraction of sp³-hybridized carbons (Fsp3) is 0.625. The number of nitrogens with one attached hydrogen (secondary N) is 3.